The van der Waals surface area contributed by atoms with E-state index >= 15 is 0 Å². The van der Waals surface area contributed by atoms with E-state index in [0.717, 1.165) is 13.1 Å². The average Bonchev–Trinajstić information content (AvgIpc) is 2.67. The Morgan fingerprint density at radius 3 is 2.07 bits per heavy atom. The standard InChI is InChI=1S/C18H28N6O2S/c1-5-23(6-2)18-16(19)17(20-13-21-18)22-14-9-11-15(12-10-14)27(25,26)24(7-3)8-4/h9-13H,5-8,19H2,1-4H3,(H,20,21,22). The highest BCUT2D eigenvalue weighted by Crippen LogP contribution is 2.28. The lowest BCUT2D eigenvalue weighted by Gasteiger charge is -2.22. The van der Waals surface area contributed by atoms with Gasteiger partial charge >= 0.3 is 0 Å². The monoisotopic (exact) mass is 392 g/mol. The van der Waals surface area contributed by atoms with Crippen molar-refractivity contribution in [1.29, 1.82) is 0 Å². The number of nitrogens with zero attached hydrogens (tertiary/aromatic N) is 4. The second-order valence-corrected chi connectivity index (χ2v) is 7.81. The number of nitrogen functional groups attached to an aromatic ring is 1. The molecule has 9 heteroatoms. The predicted molar refractivity (Wildman–Crippen MR) is 110 cm³/mol. The lowest BCUT2D eigenvalue weighted by atomic mass is 10.3. The third kappa shape index (κ3) is 4.48. The van der Waals surface area contributed by atoms with Gasteiger partial charge in [-0.2, -0.15) is 4.31 Å². The summed E-state index contributed by atoms with van der Waals surface area (Å²) in [5.41, 5.74) is 7.38. The van der Waals surface area contributed by atoms with Gasteiger partial charge in [0.15, 0.2) is 11.6 Å². The molecule has 0 spiro atoms. The number of sulfonamides is 1. The van der Waals surface area contributed by atoms with E-state index in [2.05, 4.69) is 15.3 Å². The number of benzene rings is 1. The maximum absolute atomic E-state index is 12.6. The second kappa shape index (κ2) is 9.01. The van der Waals surface area contributed by atoms with Crippen LogP contribution >= 0.6 is 0 Å². The number of rotatable bonds is 9. The van der Waals surface area contributed by atoms with Crippen molar-refractivity contribution in [2.24, 2.45) is 0 Å². The molecule has 0 atom stereocenters. The smallest absolute Gasteiger partial charge is 0.243 e. The molecule has 3 N–H and O–H groups in total. The number of nitrogens with one attached hydrogen (secondary N) is 1. The van der Waals surface area contributed by atoms with E-state index in [9.17, 15) is 8.42 Å². The van der Waals surface area contributed by atoms with E-state index in [1.807, 2.05) is 32.6 Å². The minimum Gasteiger partial charge on any atom is -0.393 e. The molecule has 0 bridgehead atoms. The van der Waals surface area contributed by atoms with Crippen molar-refractivity contribution in [3.8, 4) is 0 Å². The lowest BCUT2D eigenvalue weighted by molar-refractivity contribution is 0.445. The van der Waals surface area contributed by atoms with Gasteiger partial charge in [-0.15, -0.1) is 0 Å². The van der Waals surface area contributed by atoms with Crippen LogP contribution in [0, 0.1) is 0 Å². The molecular formula is C18H28N6O2S. The van der Waals surface area contributed by atoms with Crippen LogP contribution in [0.3, 0.4) is 0 Å². The van der Waals surface area contributed by atoms with Gasteiger partial charge in [0.05, 0.1) is 4.90 Å². The molecule has 0 saturated heterocycles. The molecule has 0 aliphatic rings. The van der Waals surface area contributed by atoms with Crippen LogP contribution in [0.15, 0.2) is 35.5 Å². The molecule has 0 aliphatic carbocycles. The Labute approximate surface area is 161 Å². The van der Waals surface area contributed by atoms with Crippen LogP contribution in [-0.2, 0) is 10.0 Å². The third-order valence-corrected chi connectivity index (χ3v) is 6.45. The second-order valence-electron chi connectivity index (χ2n) is 5.87. The van der Waals surface area contributed by atoms with Gasteiger partial charge in [0, 0.05) is 31.9 Å². The van der Waals surface area contributed by atoms with E-state index in [0.29, 0.717) is 36.1 Å². The van der Waals surface area contributed by atoms with Crippen LogP contribution in [0.2, 0.25) is 0 Å². The number of hydrogen-bond acceptors (Lipinski definition) is 7. The Hall–Kier alpha value is -2.39. The van der Waals surface area contributed by atoms with Gasteiger partial charge in [-0.1, -0.05) is 13.8 Å². The number of aromatic nitrogens is 2. The van der Waals surface area contributed by atoms with Crippen LogP contribution < -0.4 is 16.0 Å². The highest BCUT2D eigenvalue weighted by molar-refractivity contribution is 7.89. The first-order valence-electron chi connectivity index (χ1n) is 9.11. The van der Waals surface area contributed by atoms with Gasteiger partial charge in [-0.25, -0.2) is 18.4 Å². The maximum Gasteiger partial charge on any atom is 0.243 e. The summed E-state index contributed by atoms with van der Waals surface area (Å²) in [6.07, 6.45) is 1.46. The molecule has 1 aromatic carbocycles. The van der Waals surface area contributed by atoms with Crippen LogP contribution in [0.5, 0.6) is 0 Å². The molecule has 148 valence electrons. The van der Waals surface area contributed by atoms with E-state index < -0.39 is 10.0 Å². The zero-order chi connectivity index (χ0) is 20.0. The third-order valence-electron chi connectivity index (χ3n) is 4.39. The maximum atomic E-state index is 12.6. The number of hydrogen-bond donors (Lipinski definition) is 2. The first kappa shape index (κ1) is 20.9. The summed E-state index contributed by atoms with van der Waals surface area (Å²) in [6, 6.07) is 6.57. The molecule has 0 unspecified atom stereocenters. The lowest BCUT2D eigenvalue weighted by Crippen LogP contribution is -2.30. The highest BCUT2D eigenvalue weighted by Gasteiger charge is 2.21. The quantitative estimate of drug-likeness (QED) is 0.676. The first-order chi connectivity index (χ1) is 12.9. The molecule has 8 nitrogen and oxygen atoms in total. The molecule has 0 saturated carbocycles. The molecule has 0 fully saturated rings. The Morgan fingerprint density at radius 2 is 1.56 bits per heavy atom. The predicted octanol–water partition coefficient (Wildman–Crippen LogP) is 2.68. The fourth-order valence-corrected chi connectivity index (χ4v) is 4.28. The summed E-state index contributed by atoms with van der Waals surface area (Å²) in [4.78, 5) is 10.8. The van der Waals surface area contributed by atoms with E-state index in [4.69, 9.17) is 5.73 Å². The number of anilines is 4. The van der Waals surface area contributed by atoms with Gasteiger partial charge in [0.25, 0.3) is 0 Å². The van der Waals surface area contributed by atoms with Crippen LogP contribution in [0.4, 0.5) is 23.0 Å². The zero-order valence-electron chi connectivity index (χ0n) is 16.3. The molecule has 0 radical (unpaired) electrons. The van der Waals surface area contributed by atoms with Gasteiger partial charge in [0.1, 0.15) is 12.0 Å². The van der Waals surface area contributed by atoms with Gasteiger partial charge in [0.2, 0.25) is 10.0 Å². The fraction of sp³-hybridized carbons (Fsp3) is 0.444. The van der Waals surface area contributed by atoms with Crippen molar-refractivity contribution in [2.45, 2.75) is 32.6 Å². The molecule has 2 rings (SSSR count). The van der Waals surface area contributed by atoms with Crippen molar-refractivity contribution in [2.75, 3.05) is 42.1 Å². The Kier molecular flexibility index (Phi) is 6.98. The number of nitrogens with two attached hydrogens (primary N) is 1. The summed E-state index contributed by atoms with van der Waals surface area (Å²) >= 11 is 0. The van der Waals surface area contributed by atoms with E-state index in [1.165, 1.54) is 10.6 Å². The van der Waals surface area contributed by atoms with Gasteiger partial charge < -0.3 is 16.0 Å². The Morgan fingerprint density at radius 1 is 0.963 bits per heavy atom. The van der Waals surface area contributed by atoms with Crippen molar-refractivity contribution >= 4 is 33.0 Å². The normalized spacial score (nSPS) is 11.6. The Bertz CT molecular complexity index is 847. The first-order valence-corrected chi connectivity index (χ1v) is 10.6. The van der Waals surface area contributed by atoms with Crippen molar-refractivity contribution in [1.82, 2.24) is 14.3 Å². The van der Waals surface area contributed by atoms with Crippen molar-refractivity contribution in [3.05, 3.63) is 30.6 Å². The summed E-state index contributed by atoms with van der Waals surface area (Å²) in [7, 11) is -3.48. The van der Waals surface area contributed by atoms with Crippen LogP contribution in [-0.4, -0.2) is 48.9 Å². The highest BCUT2D eigenvalue weighted by atomic mass is 32.2. The summed E-state index contributed by atoms with van der Waals surface area (Å²) < 4.78 is 26.6. The average molecular weight is 393 g/mol. The minimum atomic E-state index is -3.48. The SMILES string of the molecule is CCN(CC)c1ncnc(Nc2ccc(S(=O)(=O)N(CC)CC)cc2)c1N. The molecule has 0 amide bonds. The topological polar surface area (TPSA) is 104 Å². The Balaban J connectivity index is 2.26. The fourth-order valence-electron chi connectivity index (χ4n) is 2.82. The summed E-state index contributed by atoms with van der Waals surface area (Å²) in [6.45, 7) is 10.2. The zero-order valence-corrected chi connectivity index (χ0v) is 17.1. The van der Waals surface area contributed by atoms with Crippen molar-refractivity contribution in [3.63, 3.8) is 0 Å². The van der Waals surface area contributed by atoms with E-state index in [1.54, 1.807) is 24.3 Å². The van der Waals surface area contributed by atoms with E-state index in [-0.39, 0.29) is 4.90 Å². The van der Waals surface area contributed by atoms with Crippen LogP contribution in [0.25, 0.3) is 0 Å². The molecule has 1 heterocycles. The molecular weight excluding hydrogens is 364 g/mol. The summed E-state index contributed by atoms with van der Waals surface area (Å²) in [5.74, 6) is 1.17. The molecule has 1 aromatic heterocycles. The van der Waals surface area contributed by atoms with Crippen molar-refractivity contribution < 1.29 is 8.42 Å². The van der Waals surface area contributed by atoms with Gasteiger partial charge in [-0.3, -0.25) is 0 Å². The largest absolute Gasteiger partial charge is 0.393 e. The molecule has 27 heavy (non-hydrogen) atoms. The molecule has 2 aromatic rings. The minimum absolute atomic E-state index is 0.260. The van der Waals surface area contributed by atoms with Gasteiger partial charge in [-0.05, 0) is 38.1 Å². The van der Waals surface area contributed by atoms with Crippen LogP contribution in [0.1, 0.15) is 27.7 Å². The summed E-state index contributed by atoms with van der Waals surface area (Å²) in [5, 5.41) is 3.14. The molecule has 0 aliphatic heterocycles.